The number of likely N-dealkylation sites (N-methyl/N-ethyl adjacent to an activating group) is 1. The molecule has 0 spiro atoms. The number of amides is 1. The Balaban J connectivity index is 1.72. The second kappa shape index (κ2) is 8.36. The molecule has 0 saturated carbocycles. The number of hydrogen-bond acceptors (Lipinski definition) is 6. The van der Waals surface area contributed by atoms with E-state index in [1.54, 1.807) is 34.9 Å². The molecule has 0 saturated heterocycles. The molecular weight excluding hydrogens is 414 g/mol. The number of anilines is 1. The lowest BCUT2D eigenvalue weighted by atomic mass is 10.3. The number of aromatic nitrogens is 1. The summed E-state index contributed by atoms with van der Waals surface area (Å²) in [6.45, 7) is 2.11. The molecule has 0 aliphatic rings. The molecule has 0 aliphatic carbocycles. The number of fused-ring (bicyclic) bond motifs is 1. The number of aryl methyl sites for hydroxylation is 1. The Kier molecular flexibility index (Phi) is 6.06. The molecular formula is C19H21N3O5S2. The first-order chi connectivity index (χ1) is 13.8. The van der Waals surface area contributed by atoms with E-state index in [0.717, 1.165) is 25.9 Å². The van der Waals surface area contributed by atoms with Crippen LogP contribution in [-0.4, -0.2) is 43.9 Å². The summed E-state index contributed by atoms with van der Waals surface area (Å²) < 4.78 is 33.7. The number of sulfonamides is 1. The molecule has 0 radical (unpaired) electrons. The maximum Gasteiger partial charge on any atom is 0.308 e. The molecule has 0 fully saturated rings. The van der Waals surface area contributed by atoms with Gasteiger partial charge in [0.1, 0.15) is 5.75 Å². The Bertz CT molecular complexity index is 1200. The number of hydrogen-bond donors (Lipinski definition) is 1. The number of carbonyl (C=O) groups is 1. The number of carbonyl (C=O) groups excluding carboxylic acids is 1. The summed E-state index contributed by atoms with van der Waals surface area (Å²) in [7, 11) is -0.981. The Morgan fingerprint density at radius 1 is 1.21 bits per heavy atom. The summed E-state index contributed by atoms with van der Waals surface area (Å²) in [5.74, 6) is 0.0603. The molecule has 8 nitrogen and oxygen atoms in total. The highest BCUT2D eigenvalue weighted by molar-refractivity contribution is 7.89. The minimum Gasteiger partial charge on any atom is -0.497 e. The van der Waals surface area contributed by atoms with Gasteiger partial charge >= 0.3 is 4.87 Å². The number of thiazole rings is 1. The van der Waals surface area contributed by atoms with Crippen molar-refractivity contribution in [2.24, 2.45) is 0 Å². The van der Waals surface area contributed by atoms with Crippen LogP contribution < -0.4 is 14.9 Å². The number of nitrogens with zero attached hydrogens (tertiary/aromatic N) is 2. The van der Waals surface area contributed by atoms with Crippen LogP contribution >= 0.6 is 11.3 Å². The topological polar surface area (TPSA) is 97.7 Å². The SMILES string of the molecule is CCn1c(=O)sc2cc(NC(=O)CN(C)S(=O)(=O)c3ccc(OC)cc3)ccc21. The van der Waals surface area contributed by atoms with Gasteiger partial charge in [-0.05, 0) is 49.4 Å². The second-order valence-electron chi connectivity index (χ2n) is 6.28. The van der Waals surface area contributed by atoms with Crippen molar-refractivity contribution < 1.29 is 17.9 Å². The molecule has 1 heterocycles. The fourth-order valence-corrected chi connectivity index (χ4v) is 4.98. The molecule has 0 aliphatic heterocycles. The van der Waals surface area contributed by atoms with Gasteiger partial charge in [-0.1, -0.05) is 11.3 Å². The monoisotopic (exact) mass is 435 g/mol. The van der Waals surface area contributed by atoms with E-state index in [4.69, 9.17) is 4.74 Å². The molecule has 0 atom stereocenters. The van der Waals surface area contributed by atoms with Crippen molar-refractivity contribution in [1.82, 2.24) is 8.87 Å². The number of rotatable bonds is 7. The standard InChI is InChI=1S/C19H21N3O5S2/c1-4-22-16-10-5-13(11-17(16)28-19(22)24)20-18(23)12-21(2)29(25,26)15-8-6-14(27-3)7-9-15/h5-11H,4,12H2,1-3H3,(H,20,23). The third kappa shape index (κ3) is 4.34. The van der Waals surface area contributed by atoms with E-state index < -0.39 is 15.9 Å². The number of methoxy groups -OCH3 is 1. The van der Waals surface area contributed by atoms with Crippen LogP contribution in [0.4, 0.5) is 5.69 Å². The van der Waals surface area contributed by atoms with Crippen LogP contribution in [0.1, 0.15) is 6.92 Å². The number of ether oxygens (including phenoxy) is 1. The highest BCUT2D eigenvalue weighted by Crippen LogP contribution is 2.22. The summed E-state index contributed by atoms with van der Waals surface area (Å²) in [4.78, 5) is 24.3. The van der Waals surface area contributed by atoms with E-state index in [1.807, 2.05) is 6.92 Å². The smallest absolute Gasteiger partial charge is 0.308 e. The predicted molar refractivity (Wildman–Crippen MR) is 113 cm³/mol. The normalized spacial score (nSPS) is 11.7. The van der Waals surface area contributed by atoms with Crippen molar-refractivity contribution in [3.05, 3.63) is 52.1 Å². The van der Waals surface area contributed by atoms with Gasteiger partial charge in [0.05, 0.1) is 28.8 Å². The van der Waals surface area contributed by atoms with Gasteiger partial charge in [-0.15, -0.1) is 0 Å². The minimum absolute atomic E-state index is 0.0590. The summed E-state index contributed by atoms with van der Waals surface area (Å²) in [6.07, 6.45) is 0. The van der Waals surface area contributed by atoms with Crippen LogP contribution in [-0.2, 0) is 21.4 Å². The van der Waals surface area contributed by atoms with E-state index >= 15 is 0 Å². The summed E-state index contributed by atoms with van der Waals surface area (Å²) in [5, 5.41) is 2.68. The van der Waals surface area contributed by atoms with Crippen LogP contribution in [0, 0.1) is 0 Å². The number of nitrogens with one attached hydrogen (secondary N) is 1. The maximum atomic E-state index is 12.6. The first-order valence-corrected chi connectivity index (χ1v) is 11.1. The second-order valence-corrected chi connectivity index (χ2v) is 9.32. The molecule has 0 bridgehead atoms. The van der Waals surface area contributed by atoms with Crippen molar-refractivity contribution in [3.63, 3.8) is 0 Å². The molecule has 0 unspecified atom stereocenters. The number of benzene rings is 2. The van der Waals surface area contributed by atoms with Crippen molar-refractivity contribution in [1.29, 1.82) is 0 Å². The van der Waals surface area contributed by atoms with Crippen molar-refractivity contribution >= 4 is 43.2 Å². The zero-order chi connectivity index (χ0) is 21.2. The van der Waals surface area contributed by atoms with Crippen LogP contribution in [0.5, 0.6) is 5.75 Å². The molecule has 3 rings (SSSR count). The van der Waals surface area contributed by atoms with Gasteiger partial charge in [-0.3, -0.25) is 14.2 Å². The Labute approximate surface area is 172 Å². The average Bonchev–Trinajstić information content (AvgIpc) is 3.01. The third-order valence-electron chi connectivity index (χ3n) is 4.40. The van der Waals surface area contributed by atoms with Crippen molar-refractivity contribution in [2.45, 2.75) is 18.4 Å². The maximum absolute atomic E-state index is 12.6. The fourth-order valence-electron chi connectivity index (χ4n) is 2.86. The van der Waals surface area contributed by atoms with Gasteiger partial charge in [0, 0.05) is 19.3 Å². The van der Waals surface area contributed by atoms with Gasteiger partial charge in [-0.2, -0.15) is 4.31 Å². The van der Waals surface area contributed by atoms with Gasteiger partial charge in [-0.25, -0.2) is 8.42 Å². The van der Waals surface area contributed by atoms with E-state index in [-0.39, 0.29) is 16.3 Å². The van der Waals surface area contributed by atoms with Gasteiger partial charge < -0.3 is 10.1 Å². The Morgan fingerprint density at radius 3 is 2.52 bits per heavy atom. The highest BCUT2D eigenvalue weighted by Gasteiger charge is 2.23. The lowest BCUT2D eigenvalue weighted by molar-refractivity contribution is -0.116. The van der Waals surface area contributed by atoms with E-state index in [1.165, 1.54) is 26.3 Å². The van der Waals surface area contributed by atoms with Crippen LogP contribution in [0.2, 0.25) is 0 Å². The highest BCUT2D eigenvalue weighted by atomic mass is 32.2. The Hall–Kier alpha value is -2.69. The molecule has 1 aromatic heterocycles. The first-order valence-electron chi connectivity index (χ1n) is 8.80. The minimum atomic E-state index is -3.82. The van der Waals surface area contributed by atoms with Crippen LogP contribution in [0.25, 0.3) is 10.2 Å². The lowest BCUT2D eigenvalue weighted by Gasteiger charge is -2.17. The first kappa shape index (κ1) is 21.0. The van der Waals surface area contributed by atoms with E-state index in [0.29, 0.717) is 18.0 Å². The zero-order valence-corrected chi connectivity index (χ0v) is 17.8. The van der Waals surface area contributed by atoms with E-state index in [9.17, 15) is 18.0 Å². The fraction of sp³-hybridized carbons (Fsp3) is 0.263. The largest absolute Gasteiger partial charge is 0.497 e. The van der Waals surface area contributed by atoms with Crippen LogP contribution in [0.15, 0.2) is 52.2 Å². The van der Waals surface area contributed by atoms with Gasteiger partial charge in [0.15, 0.2) is 0 Å². The molecule has 29 heavy (non-hydrogen) atoms. The predicted octanol–water partition coefficient (Wildman–Crippen LogP) is 2.35. The van der Waals surface area contributed by atoms with Crippen LogP contribution in [0.3, 0.4) is 0 Å². The van der Waals surface area contributed by atoms with E-state index in [2.05, 4.69) is 5.32 Å². The average molecular weight is 436 g/mol. The van der Waals surface area contributed by atoms with Crippen molar-refractivity contribution in [2.75, 3.05) is 26.0 Å². The summed E-state index contributed by atoms with van der Waals surface area (Å²) >= 11 is 1.10. The molecule has 2 aromatic carbocycles. The van der Waals surface area contributed by atoms with Gasteiger partial charge in [0.25, 0.3) is 0 Å². The summed E-state index contributed by atoms with van der Waals surface area (Å²) in [6, 6.07) is 11.1. The third-order valence-corrected chi connectivity index (χ3v) is 7.16. The molecule has 10 heteroatoms. The quantitative estimate of drug-likeness (QED) is 0.614. The lowest BCUT2D eigenvalue weighted by Crippen LogP contribution is -2.34. The van der Waals surface area contributed by atoms with Gasteiger partial charge in [0.2, 0.25) is 15.9 Å². The molecule has 154 valence electrons. The zero-order valence-electron chi connectivity index (χ0n) is 16.2. The molecule has 1 N–H and O–H groups in total. The molecule has 3 aromatic rings. The van der Waals surface area contributed by atoms with Crippen molar-refractivity contribution in [3.8, 4) is 5.75 Å². The Morgan fingerprint density at radius 2 is 1.90 bits per heavy atom. The summed E-state index contributed by atoms with van der Waals surface area (Å²) in [5.41, 5.74) is 1.31. The molecule has 1 amide bonds.